The lowest BCUT2D eigenvalue weighted by molar-refractivity contribution is 0.102. The van der Waals surface area contributed by atoms with Gasteiger partial charge in [0.2, 0.25) is 0 Å². The number of rotatable bonds is 7. The van der Waals surface area contributed by atoms with Crippen molar-refractivity contribution in [2.75, 3.05) is 24.1 Å². The average Bonchev–Trinajstić information content (AvgIpc) is 2.71. The van der Waals surface area contributed by atoms with Crippen molar-refractivity contribution < 1.29 is 17.6 Å². The molecule has 0 heterocycles. The zero-order chi connectivity index (χ0) is 22.6. The zero-order valence-electron chi connectivity index (χ0n) is 17.5. The van der Waals surface area contributed by atoms with Gasteiger partial charge >= 0.3 is 0 Å². The number of aryl methyl sites for hydroxylation is 1. The summed E-state index contributed by atoms with van der Waals surface area (Å²) >= 11 is 0. The molecule has 0 aromatic heterocycles. The summed E-state index contributed by atoms with van der Waals surface area (Å²) in [5.74, 6) is -0.971. The molecule has 0 unspecified atom stereocenters. The highest BCUT2D eigenvalue weighted by molar-refractivity contribution is 7.92. The molecule has 3 aromatic rings. The molecule has 0 aliphatic carbocycles. The number of halogens is 1. The maximum absolute atomic E-state index is 13.8. The number of anilines is 2. The van der Waals surface area contributed by atoms with E-state index < -0.39 is 15.8 Å². The molecule has 0 fully saturated rings. The van der Waals surface area contributed by atoms with Crippen LogP contribution in [-0.4, -0.2) is 33.3 Å². The smallest absolute Gasteiger partial charge is 0.261 e. The molecular weight excluding hydrogens is 417 g/mol. The topological polar surface area (TPSA) is 78.5 Å². The van der Waals surface area contributed by atoms with Crippen molar-refractivity contribution in [1.82, 2.24) is 4.90 Å². The number of para-hydroxylation sites is 1. The van der Waals surface area contributed by atoms with E-state index in [0.29, 0.717) is 17.8 Å². The first kappa shape index (κ1) is 22.5. The SMILES string of the molecule is Cc1ccc(S(=O)(=O)Nc2cccc(C(=O)Nc3ccccc3CN(C)C)c2)cc1F. The highest BCUT2D eigenvalue weighted by Gasteiger charge is 2.17. The second-order valence-corrected chi connectivity index (χ2v) is 9.13. The largest absolute Gasteiger partial charge is 0.322 e. The van der Waals surface area contributed by atoms with Gasteiger partial charge in [0.05, 0.1) is 4.90 Å². The maximum atomic E-state index is 13.8. The predicted octanol–water partition coefficient (Wildman–Crippen LogP) is 4.25. The Hall–Kier alpha value is -3.23. The van der Waals surface area contributed by atoms with Gasteiger partial charge in [0.1, 0.15) is 5.82 Å². The van der Waals surface area contributed by atoms with Crippen molar-refractivity contribution in [3.05, 3.63) is 89.2 Å². The van der Waals surface area contributed by atoms with Gasteiger partial charge < -0.3 is 10.2 Å². The van der Waals surface area contributed by atoms with Crippen LogP contribution in [0, 0.1) is 12.7 Å². The van der Waals surface area contributed by atoms with E-state index in [9.17, 15) is 17.6 Å². The van der Waals surface area contributed by atoms with E-state index in [0.717, 1.165) is 11.6 Å². The molecule has 0 bridgehead atoms. The number of nitrogens with zero attached hydrogens (tertiary/aromatic N) is 1. The van der Waals surface area contributed by atoms with E-state index >= 15 is 0 Å². The van der Waals surface area contributed by atoms with Crippen LogP contribution in [0.3, 0.4) is 0 Å². The molecule has 31 heavy (non-hydrogen) atoms. The van der Waals surface area contributed by atoms with Crippen molar-refractivity contribution >= 4 is 27.3 Å². The van der Waals surface area contributed by atoms with Gasteiger partial charge in [-0.25, -0.2) is 12.8 Å². The third-order valence-electron chi connectivity index (χ3n) is 4.58. The molecule has 0 aliphatic heterocycles. The van der Waals surface area contributed by atoms with Crippen LogP contribution < -0.4 is 10.0 Å². The minimum atomic E-state index is -4.00. The molecule has 0 radical (unpaired) electrons. The highest BCUT2D eigenvalue weighted by atomic mass is 32.2. The number of hydrogen-bond acceptors (Lipinski definition) is 4. The van der Waals surface area contributed by atoms with Crippen molar-refractivity contribution in [1.29, 1.82) is 0 Å². The first-order valence-corrected chi connectivity index (χ1v) is 11.1. The average molecular weight is 442 g/mol. The second-order valence-electron chi connectivity index (χ2n) is 7.45. The van der Waals surface area contributed by atoms with E-state index in [1.165, 1.54) is 24.3 Å². The number of nitrogens with one attached hydrogen (secondary N) is 2. The lowest BCUT2D eigenvalue weighted by Crippen LogP contribution is -2.17. The summed E-state index contributed by atoms with van der Waals surface area (Å²) in [6, 6.07) is 17.3. The first-order chi connectivity index (χ1) is 14.7. The van der Waals surface area contributed by atoms with Gasteiger partial charge in [0, 0.05) is 23.5 Å². The van der Waals surface area contributed by atoms with Crippen LogP contribution in [0.2, 0.25) is 0 Å². The number of hydrogen-bond donors (Lipinski definition) is 2. The predicted molar refractivity (Wildman–Crippen MR) is 120 cm³/mol. The van der Waals surface area contributed by atoms with Crippen LogP contribution >= 0.6 is 0 Å². The molecule has 2 N–H and O–H groups in total. The molecule has 0 spiro atoms. The van der Waals surface area contributed by atoms with Gasteiger partial charge in [0.15, 0.2) is 0 Å². The minimum Gasteiger partial charge on any atom is -0.322 e. The summed E-state index contributed by atoms with van der Waals surface area (Å²) in [7, 11) is -0.124. The fourth-order valence-electron chi connectivity index (χ4n) is 2.99. The Morgan fingerprint density at radius 3 is 2.45 bits per heavy atom. The molecule has 3 rings (SSSR count). The molecular formula is C23H24FN3O3S. The van der Waals surface area contributed by atoms with Crippen molar-refractivity contribution in [2.24, 2.45) is 0 Å². The molecule has 6 nitrogen and oxygen atoms in total. The maximum Gasteiger partial charge on any atom is 0.261 e. The lowest BCUT2D eigenvalue weighted by Gasteiger charge is -2.15. The number of amides is 1. The van der Waals surface area contributed by atoms with Crippen LogP contribution in [-0.2, 0) is 16.6 Å². The molecule has 0 saturated carbocycles. The highest BCUT2D eigenvalue weighted by Crippen LogP contribution is 2.21. The van der Waals surface area contributed by atoms with Crippen LogP contribution in [0.1, 0.15) is 21.5 Å². The number of carbonyl (C=O) groups is 1. The first-order valence-electron chi connectivity index (χ1n) is 9.59. The number of sulfonamides is 1. The summed E-state index contributed by atoms with van der Waals surface area (Å²) in [5, 5.41) is 2.88. The lowest BCUT2D eigenvalue weighted by atomic mass is 10.1. The van der Waals surface area contributed by atoms with Crippen molar-refractivity contribution in [2.45, 2.75) is 18.4 Å². The molecule has 0 atom stereocenters. The van der Waals surface area contributed by atoms with E-state index in [1.54, 1.807) is 19.1 Å². The monoisotopic (exact) mass is 441 g/mol. The summed E-state index contributed by atoms with van der Waals surface area (Å²) in [6.45, 7) is 2.21. The molecule has 8 heteroatoms. The summed E-state index contributed by atoms with van der Waals surface area (Å²) < 4.78 is 41.4. The third-order valence-corrected chi connectivity index (χ3v) is 5.96. The minimum absolute atomic E-state index is 0.192. The third kappa shape index (κ3) is 5.68. The molecule has 0 saturated heterocycles. The number of carbonyl (C=O) groups excluding carboxylic acids is 1. The fraction of sp³-hybridized carbons (Fsp3) is 0.174. The van der Waals surface area contributed by atoms with E-state index in [-0.39, 0.29) is 22.1 Å². The van der Waals surface area contributed by atoms with Crippen molar-refractivity contribution in [3.63, 3.8) is 0 Å². The van der Waals surface area contributed by atoms with Crippen LogP contribution in [0.4, 0.5) is 15.8 Å². The molecule has 3 aromatic carbocycles. The Labute approximate surface area is 181 Å². The number of benzene rings is 3. The quantitative estimate of drug-likeness (QED) is 0.575. The molecule has 1 amide bonds. The summed E-state index contributed by atoms with van der Waals surface area (Å²) in [4.78, 5) is 14.6. The zero-order valence-corrected chi connectivity index (χ0v) is 18.3. The van der Waals surface area contributed by atoms with Crippen LogP contribution in [0.5, 0.6) is 0 Å². The summed E-state index contributed by atoms with van der Waals surface area (Å²) in [5.41, 5.74) is 2.48. The van der Waals surface area contributed by atoms with E-state index in [4.69, 9.17) is 0 Å². The molecule has 0 aliphatic rings. The second kappa shape index (κ2) is 9.28. The van der Waals surface area contributed by atoms with Gasteiger partial charge in [0.25, 0.3) is 15.9 Å². The Bertz CT molecular complexity index is 1210. The van der Waals surface area contributed by atoms with Gasteiger partial charge in [-0.15, -0.1) is 0 Å². The molecule has 162 valence electrons. The fourth-order valence-corrected chi connectivity index (χ4v) is 4.05. The van der Waals surface area contributed by atoms with Gasteiger partial charge in [-0.3, -0.25) is 9.52 Å². The van der Waals surface area contributed by atoms with Gasteiger partial charge in [-0.05, 0) is 68.5 Å². The van der Waals surface area contributed by atoms with Crippen LogP contribution in [0.15, 0.2) is 71.6 Å². The Morgan fingerprint density at radius 2 is 1.74 bits per heavy atom. The Balaban J connectivity index is 1.80. The van der Waals surface area contributed by atoms with Gasteiger partial charge in [-0.2, -0.15) is 0 Å². The Kier molecular flexibility index (Phi) is 6.72. The normalized spacial score (nSPS) is 11.4. The van der Waals surface area contributed by atoms with Gasteiger partial charge in [-0.1, -0.05) is 30.3 Å². The summed E-state index contributed by atoms with van der Waals surface area (Å²) in [6.07, 6.45) is 0. The van der Waals surface area contributed by atoms with Crippen molar-refractivity contribution in [3.8, 4) is 0 Å². The Morgan fingerprint density at radius 1 is 1.00 bits per heavy atom. The standard InChI is InChI=1S/C23H24FN3O3S/c1-16-11-12-20(14-21(16)24)31(29,30)26-19-9-6-8-17(13-19)23(28)25-22-10-5-4-7-18(22)15-27(2)3/h4-14,26H,15H2,1-3H3,(H,25,28). The van der Waals surface area contributed by atoms with E-state index in [1.807, 2.05) is 43.3 Å². The van der Waals surface area contributed by atoms with Crippen LogP contribution in [0.25, 0.3) is 0 Å². The van der Waals surface area contributed by atoms with E-state index in [2.05, 4.69) is 10.0 Å².